The monoisotopic (exact) mass is 307 g/mol. The third-order valence-electron chi connectivity index (χ3n) is 4.58. The SMILES string of the molecule is C1CC(CCc2nn3c(C4CCOC4)nnc3s2)CCN1. The Morgan fingerprint density at radius 3 is 2.95 bits per heavy atom. The van der Waals surface area contributed by atoms with Crippen LogP contribution in [-0.2, 0) is 11.2 Å². The Morgan fingerprint density at radius 2 is 2.14 bits per heavy atom. The maximum Gasteiger partial charge on any atom is 0.234 e. The van der Waals surface area contributed by atoms with Crippen LogP contribution >= 0.6 is 11.3 Å². The lowest BCUT2D eigenvalue weighted by Crippen LogP contribution is -2.27. The number of hydrogen-bond donors (Lipinski definition) is 1. The van der Waals surface area contributed by atoms with E-state index in [-0.39, 0.29) is 0 Å². The summed E-state index contributed by atoms with van der Waals surface area (Å²) in [5, 5.41) is 17.9. The molecule has 0 spiro atoms. The Labute approximate surface area is 127 Å². The molecule has 0 radical (unpaired) electrons. The summed E-state index contributed by atoms with van der Waals surface area (Å²) in [5.74, 6) is 2.19. The van der Waals surface area contributed by atoms with Crippen molar-refractivity contribution in [1.29, 1.82) is 0 Å². The smallest absolute Gasteiger partial charge is 0.234 e. The van der Waals surface area contributed by atoms with E-state index in [0.717, 1.165) is 42.8 Å². The van der Waals surface area contributed by atoms with Crippen molar-refractivity contribution in [1.82, 2.24) is 25.1 Å². The molecule has 0 bridgehead atoms. The zero-order valence-corrected chi connectivity index (χ0v) is 12.9. The fourth-order valence-corrected chi connectivity index (χ4v) is 4.12. The molecular weight excluding hydrogens is 286 g/mol. The van der Waals surface area contributed by atoms with Crippen LogP contribution < -0.4 is 5.32 Å². The summed E-state index contributed by atoms with van der Waals surface area (Å²) in [6.45, 7) is 3.91. The molecule has 1 unspecified atom stereocenters. The second kappa shape index (κ2) is 5.98. The quantitative estimate of drug-likeness (QED) is 0.930. The van der Waals surface area contributed by atoms with Gasteiger partial charge in [0.15, 0.2) is 5.82 Å². The minimum absolute atomic E-state index is 0.361. The number of nitrogens with one attached hydrogen (secondary N) is 1. The lowest BCUT2D eigenvalue weighted by molar-refractivity contribution is 0.193. The second-order valence-corrected chi connectivity index (χ2v) is 7.08. The van der Waals surface area contributed by atoms with Crippen LogP contribution in [0.2, 0.25) is 0 Å². The van der Waals surface area contributed by atoms with Gasteiger partial charge in [-0.25, -0.2) is 0 Å². The number of aromatic nitrogens is 4. The molecule has 2 aliphatic rings. The van der Waals surface area contributed by atoms with Crippen LogP contribution in [-0.4, -0.2) is 46.1 Å². The van der Waals surface area contributed by atoms with Gasteiger partial charge in [0.2, 0.25) is 4.96 Å². The second-order valence-electron chi connectivity index (χ2n) is 6.04. The van der Waals surface area contributed by atoms with Crippen LogP contribution in [0.1, 0.15) is 42.4 Å². The summed E-state index contributed by atoms with van der Waals surface area (Å²) >= 11 is 1.69. The van der Waals surface area contributed by atoms with Crippen LogP contribution in [0.25, 0.3) is 4.96 Å². The minimum Gasteiger partial charge on any atom is -0.381 e. The molecule has 21 heavy (non-hydrogen) atoms. The highest BCUT2D eigenvalue weighted by molar-refractivity contribution is 7.16. The van der Waals surface area contributed by atoms with Crippen molar-refractivity contribution < 1.29 is 4.74 Å². The molecular formula is C14H21N5OS. The Hall–Kier alpha value is -1.05. The Kier molecular flexibility index (Phi) is 3.87. The molecule has 4 heterocycles. The average molecular weight is 307 g/mol. The van der Waals surface area contributed by atoms with E-state index in [4.69, 9.17) is 9.84 Å². The number of nitrogens with zero attached hydrogens (tertiary/aromatic N) is 4. The van der Waals surface area contributed by atoms with E-state index >= 15 is 0 Å². The normalized spacial score (nSPS) is 24.1. The number of piperidine rings is 1. The molecule has 0 aliphatic carbocycles. The van der Waals surface area contributed by atoms with E-state index in [2.05, 4.69) is 15.5 Å². The van der Waals surface area contributed by atoms with Crippen molar-refractivity contribution >= 4 is 16.3 Å². The van der Waals surface area contributed by atoms with Crippen molar-refractivity contribution in [2.75, 3.05) is 26.3 Å². The van der Waals surface area contributed by atoms with Crippen molar-refractivity contribution in [2.24, 2.45) is 5.92 Å². The van der Waals surface area contributed by atoms with Crippen LogP contribution in [0.5, 0.6) is 0 Å². The van der Waals surface area contributed by atoms with Gasteiger partial charge in [-0.1, -0.05) is 11.3 Å². The molecule has 0 amide bonds. The Balaban J connectivity index is 1.46. The number of ether oxygens (including phenoxy) is 1. The first kappa shape index (κ1) is 13.6. The highest BCUT2D eigenvalue weighted by atomic mass is 32.1. The molecule has 2 aromatic rings. The van der Waals surface area contributed by atoms with Gasteiger partial charge in [-0.05, 0) is 44.7 Å². The van der Waals surface area contributed by atoms with Gasteiger partial charge in [-0.15, -0.1) is 10.2 Å². The largest absolute Gasteiger partial charge is 0.381 e. The summed E-state index contributed by atoms with van der Waals surface area (Å²) in [5.41, 5.74) is 0. The van der Waals surface area contributed by atoms with Gasteiger partial charge in [0.1, 0.15) is 5.01 Å². The van der Waals surface area contributed by atoms with Crippen LogP contribution in [0.4, 0.5) is 0 Å². The summed E-state index contributed by atoms with van der Waals surface area (Å²) in [6, 6.07) is 0. The van der Waals surface area contributed by atoms with Crippen LogP contribution in [0, 0.1) is 5.92 Å². The first-order valence-electron chi connectivity index (χ1n) is 7.89. The molecule has 0 saturated carbocycles. The lowest BCUT2D eigenvalue weighted by atomic mass is 9.93. The van der Waals surface area contributed by atoms with Crippen LogP contribution in [0.3, 0.4) is 0 Å². The highest BCUT2D eigenvalue weighted by Gasteiger charge is 2.25. The maximum absolute atomic E-state index is 5.45. The summed E-state index contributed by atoms with van der Waals surface area (Å²) in [7, 11) is 0. The predicted octanol–water partition coefficient (Wildman–Crippen LogP) is 1.62. The van der Waals surface area contributed by atoms with Gasteiger partial charge < -0.3 is 10.1 Å². The fourth-order valence-electron chi connectivity index (χ4n) is 3.26. The minimum atomic E-state index is 0.361. The van der Waals surface area contributed by atoms with E-state index in [1.54, 1.807) is 11.3 Å². The van der Waals surface area contributed by atoms with Gasteiger partial charge in [0.25, 0.3) is 0 Å². The molecule has 2 aliphatic heterocycles. The third kappa shape index (κ3) is 2.82. The standard InChI is InChI=1S/C14H21N5OS/c1(10-3-6-15-7-4-10)2-12-18-19-13(11-5-8-20-9-11)16-17-14(19)21-12/h10-11,15H,1-9H2. The van der Waals surface area contributed by atoms with E-state index in [0.29, 0.717) is 5.92 Å². The number of aryl methyl sites for hydroxylation is 1. The lowest BCUT2D eigenvalue weighted by Gasteiger charge is -2.21. The van der Waals surface area contributed by atoms with E-state index in [9.17, 15) is 0 Å². The molecule has 2 fully saturated rings. The van der Waals surface area contributed by atoms with Gasteiger partial charge in [-0.3, -0.25) is 0 Å². The third-order valence-corrected chi connectivity index (χ3v) is 5.54. The molecule has 2 aromatic heterocycles. The van der Waals surface area contributed by atoms with E-state index in [1.807, 2.05) is 4.52 Å². The van der Waals surface area contributed by atoms with E-state index < -0.39 is 0 Å². The van der Waals surface area contributed by atoms with Crippen molar-refractivity contribution in [2.45, 2.75) is 38.0 Å². The Bertz CT molecular complexity index is 598. The Morgan fingerprint density at radius 1 is 1.24 bits per heavy atom. The zero-order chi connectivity index (χ0) is 14.1. The molecule has 1 atom stereocenters. The molecule has 0 aromatic carbocycles. The molecule has 1 N–H and O–H groups in total. The van der Waals surface area contributed by atoms with Crippen molar-refractivity contribution in [3.05, 3.63) is 10.8 Å². The summed E-state index contributed by atoms with van der Waals surface area (Å²) in [6.07, 6.45) is 5.94. The number of rotatable bonds is 4. The highest BCUT2D eigenvalue weighted by Crippen LogP contribution is 2.26. The van der Waals surface area contributed by atoms with Crippen LogP contribution in [0.15, 0.2) is 0 Å². The topological polar surface area (TPSA) is 64.3 Å². The molecule has 6 nitrogen and oxygen atoms in total. The van der Waals surface area contributed by atoms with Crippen molar-refractivity contribution in [3.8, 4) is 0 Å². The molecule has 2 saturated heterocycles. The van der Waals surface area contributed by atoms with Gasteiger partial charge in [0.05, 0.1) is 6.61 Å². The number of hydrogen-bond acceptors (Lipinski definition) is 6. The van der Waals surface area contributed by atoms with E-state index in [1.165, 1.54) is 37.4 Å². The summed E-state index contributed by atoms with van der Waals surface area (Å²) in [4.78, 5) is 0.928. The van der Waals surface area contributed by atoms with Gasteiger partial charge in [-0.2, -0.15) is 9.61 Å². The summed E-state index contributed by atoms with van der Waals surface area (Å²) < 4.78 is 7.40. The van der Waals surface area contributed by atoms with Crippen molar-refractivity contribution in [3.63, 3.8) is 0 Å². The maximum atomic E-state index is 5.45. The average Bonchev–Trinajstić information content (AvgIpc) is 3.22. The zero-order valence-electron chi connectivity index (χ0n) is 12.1. The van der Waals surface area contributed by atoms with Gasteiger partial charge in [0, 0.05) is 18.9 Å². The first-order valence-corrected chi connectivity index (χ1v) is 8.71. The molecule has 114 valence electrons. The molecule has 4 rings (SSSR count). The first-order chi connectivity index (χ1) is 10.4. The molecule has 7 heteroatoms. The fraction of sp³-hybridized carbons (Fsp3) is 0.786. The number of fused-ring (bicyclic) bond motifs is 1. The predicted molar refractivity (Wildman–Crippen MR) is 80.8 cm³/mol. The van der Waals surface area contributed by atoms with Gasteiger partial charge >= 0.3 is 0 Å².